The van der Waals surface area contributed by atoms with Crippen molar-refractivity contribution in [3.8, 4) is 5.69 Å². The van der Waals surface area contributed by atoms with Gasteiger partial charge in [-0.05, 0) is 54.6 Å². The predicted octanol–water partition coefficient (Wildman–Crippen LogP) is 3.88. The van der Waals surface area contributed by atoms with E-state index in [2.05, 4.69) is 5.32 Å². The standard InChI is InChI=1S/C26H20ClN3O4/c1-15(31)23-21(14-29-26(34)17-9-7-16(8-10-17)25(28)33)24(32)20-12-11-18(27)13-22(20)30(23)19-5-3-2-4-6-19/h2-13H,14H2,1H3,(H2,28,33)(H,29,34). The molecule has 170 valence electrons. The Labute approximate surface area is 199 Å². The molecule has 0 unspecified atom stereocenters. The van der Waals surface area contributed by atoms with Crippen LogP contribution in [0.2, 0.25) is 5.02 Å². The third kappa shape index (κ3) is 4.33. The first-order valence-electron chi connectivity index (χ1n) is 10.4. The molecule has 4 rings (SSSR count). The lowest BCUT2D eigenvalue weighted by Crippen LogP contribution is -2.30. The Morgan fingerprint density at radius 3 is 2.21 bits per heavy atom. The van der Waals surface area contributed by atoms with E-state index in [1.807, 2.05) is 30.3 Å². The minimum atomic E-state index is -0.601. The number of amides is 2. The van der Waals surface area contributed by atoms with E-state index in [0.29, 0.717) is 21.6 Å². The maximum absolute atomic E-state index is 13.4. The summed E-state index contributed by atoms with van der Waals surface area (Å²) in [5.41, 5.74) is 6.91. The van der Waals surface area contributed by atoms with Crippen molar-refractivity contribution in [3.63, 3.8) is 0 Å². The van der Waals surface area contributed by atoms with Gasteiger partial charge in [-0.3, -0.25) is 19.2 Å². The van der Waals surface area contributed by atoms with Crippen LogP contribution in [0.3, 0.4) is 0 Å². The number of pyridine rings is 1. The number of nitrogens with one attached hydrogen (secondary N) is 1. The Morgan fingerprint density at radius 1 is 0.941 bits per heavy atom. The number of aromatic nitrogens is 1. The van der Waals surface area contributed by atoms with Crippen molar-refractivity contribution in [2.75, 3.05) is 0 Å². The Balaban J connectivity index is 1.83. The van der Waals surface area contributed by atoms with E-state index in [1.54, 1.807) is 22.8 Å². The molecule has 3 N–H and O–H groups in total. The van der Waals surface area contributed by atoms with Crippen molar-refractivity contribution in [1.82, 2.24) is 9.88 Å². The SMILES string of the molecule is CC(=O)c1c(CNC(=O)c2ccc(C(N)=O)cc2)c(=O)c2ccc(Cl)cc2n1-c1ccccc1. The van der Waals surface area contributed by atoms with Crippen LogP contribution in [-0.2, 0) is 6.54 Å². The summed E-state index contributed by atoms with van der Waals surface area (Å²) < 4.78 is 1.69. The highest BCUT2D eigenvalue weighted by Gasteiger charge is 2.22. The normalized spacial score (nSPS) is 10.8. The van der Waals surface area contributed by atoms with Crippen molar-refractivity contribution < 1.29 is 14.4 Å². The molecule has 4 aromatic rings. The van der Waals surface area contributed by atoms with Crippen LogP contribution in [-0.4, -0.2) is 22.2 Å². The van der Waals surface area contributed by atoms with E-state index in [0.717, 1.165) is 0 Å². The molecule has 3 aromatic carbocycles. The molecular formula is C26H20ClN3O4. The topological polar surface area (TPSA) is 111 Å². The molecule has 0 atom stereocenters. The molecule has 0 aliphatic heterocycles. The number of carbonyl (C=O) groups is 3. The van der Waals surface area contributed by atoms with Crippen LogP contribution in [0, 0.1) is 0 Å². The number of fused-ring (bicyclic) bond motifs is 1. The molecule has 7 nitrogen and oxygen atoms in total. The zero-order chi connectivity index (χ0) is 24.4. The summed E-state index contributed by atoms with van der Waals surface area (Å²) in [6.07, 6.45) is 0. The van der Waals surface area contributed by atoms with E-state index in [-0.39, 0.29) is 40.1 Å². The minimum Gasteiger partial charge on any atom is -0.366 e. The molecule has 0 spiro atoms. The Morgan fingerprint density at radius 2 is 1.59 bits per heavy atom. The van der Waals surface area contributed by atoms with Crippen molar-refractivity contribution in [3.05, 3.63) is 110 Å². The molecule has 34 heavy (non-hydrogen) atoms. The number of ketones is 1. The van der Waals surface area contributed by atoms with Crippen LogP contribution in [0.5, 0.6) is 0 Å². The zero-order valence-corrected chi connectivity index (χ0v) is 18.9. The lowest BCUT2D eigenvalue weighted by atomic mass is 10.0. The molecule has 0 fully saturated rings. The van der Waals surface area contributed by atoms with Crippen LogP contribution in [0.1, 0.15) is 43.7 Å². The first-order chi connectivity index (χ1) is 16.3. The summed E-state index contributed by atoms with van der Waals surface area (Å²) in [6, 6.07) is 19.8. The van der Waals surface area contributed by atoms with Gasteiger partial charge in [0.1, 0.15) is 0 Å². The van der Waals surface area contributed by atoms with Crippen LogP contribution in [0.15, 0.2) is 77.6 Å². The van der Waals surface area contributed by atoms with E-state index in [4.69, 9.17) is 17.3 Å². The molecule has 1 aromatic heterocycles. The number of nitrogens with zero attached hydrogens (tertiary/aromatic N) is 1. The van der Waals surface area contributed by atoms with Gasteiger partial charge in [0.15, 0.2) is 11.2 Å². The fourth-order valence-corrected chi connectivity index (χ4v) is 4.01. The average Bonchev–Trinajstić information content (AvgIpc) is 2.83. The number of rotatable bonds is 6. The number of primary amides is 1. The highest BCUT2D eigenvalue weighted by Crippen LogP contribution is 2.25. The molecule has 2 amide bonds. The monoisotopic (exact) mass is 473 g/mol. The average molecular weight is 474 g/mol. The van der Waals surface area contributed by atoms with Crippen molar-refractivity contribution in [2.45, 2.75) is 13.5 Å². The minimum absolute atomic E-state index is 0.160. The van der Waals surface area contributed by atoms with Crippen molar-refractivity contribution >= 4 is 40.1 Å². The van der Waals surface area contributed by atoms with Crippen LogP contribution >= 0.6 is 11.6 Å². The fraction of sp³-hybridized carbons (Fsp3) is 0.0769. The smallest absolute Gasteiger partial charge is 0.251 e. The van der Waals surface area contributed by atoms with E-state index in [9.17, 15) is 19.2 Å². The van der Waals surface area contributed by atoms with Crippen LogP contribution in [0.4, 0.5) is 0 Å². The van der Waals surface area contributed by atoms with E-state index in [1.165, 1.54) is 31.2 Å². The number of para-hydroxylation sites is 1. The summed E-state index contributed by atoms with van der Waals surface area (Å²) >= 11 is 6.22. The van der Waals surface area contributed by atoms with Gasteiger partial charge in [-0.2, -0.15) is 0 Å². The van der Waals surface area contributed by atoms with Gasteiger partial charge in [0.2, 0.25) is 5.91 Å². The number of nitrogens with two attached hydrogens (primary N) is 1. The highest BCUT2D eigenvalue weighted by molar-refractivity contribution is 6.31. The van der Waals surface area contributed by atoms with Crippen molar-refractivity contribution in [1.29, 1.82) is 0 Å². The van der Waals surface area contributed by atoms with Gasteiger partial charge in [-0.15, -0.1) is 0 Å². The van der Waals surface area contributed by atoms with Crippen molar-refractivity contribution in [2.24, 2.45) is 5.73 Å². The molecule has 0 aliphatic carbocycles. The summed E-state index contributed by atoms with van der Waals surface area (Å²) in [4.78, 5) is 50.2. The maximum Gasteiger partial charge on any atom is 0.251 e. The summed E-state index contributed by atoms with van der Waals surface area (Å²) in [6.45, 7) is 1.20. The molecule has 0 bridgehead atoms. The van der Waals surface area contributed by atoms with Gasteiger partial charge in [0.05, 0.1) is 11.2 Å². The number of carbonyl (C=O) groups excluding carboxylic acids is 3. The quantitative estimate of drug-likeness (QED) is 0.414. The van der Waals surface area contributed by atoms with Gasteiger partial charge in [0.25, 0.3) is 5.91 Å². The highest BCUT2D eigenvalue weighted by atomic mass is 35.5. The molecular weight excluding hydrogens is 454 g/mol. The lowest BCUT2D eigenvalue weighted by Gasteiger charge is -2.19. The first-order valence-corrected chi connectivity index (χ1v) is 10.8. The molecule has 1 heterocycles. The second-order valence-corrected chi connectivity index (χ2v) is 8.11. The number of hydrogen-bond acceptors (Lipinski definition) is 4. The Hall–Kier alpha value is -4.23. The fourth-order valence-electron chi connectivity index (χ4n) is 3.84. The van der Waals surface area contributed by atoms with E-state index < -0.39 is 11.8 Å². The Bertz CT molecular complexity index is 1490. The van der Waals surface area contributed by atoms with Gasteiger partial charge >= 0.3 is 0 Å². The van der Waals surface area contributed by atoms with E-state index >= 15 is 0 Å². The maximum atomic E-state index is 13.4. The molecule has 8 heteroatoms. The molecule has 0 saturated carbocycles. The zero-order valence-electron chi connectivity index (χ0n) is 18.2. The Kier molecular flexibility index (Phi) is 6.30. The lowest BCUT2D eigenvalue weighted by molar-refractivity contribution is 0.0944. The first kappa shape index (κ1) is 22.9. The summed E-state index contributed by atoms with van der Waals surface area (Å²) in [5.74, 6) is -1.40. The third-order valence-corrected chi connectivity index (χ3v) is 5.67. The predicted molar refractivity (Wildman–Crippen MR) is 131 cm³/mol. The van der Waals surface area contributed by atoms with Crippen LogP contribution in [0.25, 0.3) is 16.6 Å². The van der Waals surface area contributed by atoms with Gasteiger partial charge in [0, 0.05) is 46.3 Å². The number of Topliss-reactive ketones (excluding diaryl/α,β-unsaturated/α-hetero) is 1. The second-order valence-electron chi connectivity index (χ2n) is 7.67. The van der Waals surface area contributed by atoms with Gasteiger partial charge in [-0.25, -0.2) is 0 Å². The second kappa shape index (κ2) is 9.33. The number of benzene rings is 3. The van der Waals surface area contributed by atoms with Gasteiger partial charge < -0.3 is 15.6 Å². The summed E-state index contributed by atoms with van der Waals surface area (Å²) in [5, 5.41) is 3.50. The number of hydrogen-bond donors (Lipinski definition) is 2. The third-order valence-electron chi connectivity index (χ3n) is 5.43. The molecule has 0 radical (unpaired) electrons. The van der Waals surface area contributed by atoms with Crippen LogP contribution < -0.4 is 16.5 Å². The summed E-state index contributed by atoms with van der Waals surface area (Å²) in [7, 11) is 0. The van der Waals surface area contributed by atoms with Gasteiger partial charge in [-0.1, -0.05) is 29.8 Å². The largest absolute Gasteiger partial charge is 0.366 e. The molecule has 0 saturated heterocycles. The molecule has 0 aliphatic rings. The number of halogens is 1.